The van der Waals surface area contributed by atoms with Gasteiger partial charge in [-0.1, -0.05) is 13.8 Å². The minimum atomic E-state index is -1.38. The van der Waals surface area contributed by atoms with Crippen LogP contribution in [0.25, 0.3) is 0 Å². The Morgan fingerprint density at radius 3 is 2.31 bits per heavy atom. The molecule has 0 saturated carbocycles. The maximum Gasteiger partial charge on any atom is 0.319 e. The van der Waals surface area contributed by atoms with Gasteiger partial charge >= 0.3 is 5.97 Å². The Labute approximate surface area is 254 Å². The number of carbonyl (C=O) groups excluding carboxylic acids is 2. The van der Waals surface area contributed by atoms with E-state index in [0.717, 1.165) is 45.4 Å². The monoisotopic (exact) mass is 597 g/mol. The molecule has 0 aromatic rings. The van der Waals surface area contributed by atoms with Gasteiger partial charge in [0.15, 0.2) is 12.1 Å². The lowest BCUT2D eigenvalue weighted by Gasteiger charge is -2.46. The van der Waals surface area contributed by atoms with Crippen molar-refractivity contribution in [3.8, 4) is 0 Å². The van der Waals surface area contributed by atoms with Crippen molar-refractivity contribution in [1.29, 1.82) is 0 Å². The van der Waals surface area contributed by atoms with Crippen LogP contribution in [0.2, 0.25) is 0 Å². The molecule has 3 fully saturated rings. The number of piperidine rings is 1. The van der Waals surface area contributed by atoms with Gasteiger partial charge in [-0.25, -0.2) is 0 Å². The van der Waals surface area contributed by atoms with Crippen LogP contribution in [-0.2, 0) is 28.5 Å². The molecule has 3 aliphatic heterocycles. The number of likely N-dealkylation sites (tertiary alicyclic amines) is 1. The molecule has 3 rings (SSSR count). The lowest BCUT2D eigenvalue weighted by atomic mass is 9.75. The summed E-state index contributed by atoms with van der Waals surface area (Å²) in [5.74, 6) is -1.11. The molecule has 0 aromatic heterocycles. The van der Waals surface area contributed by atoms with Crippen molar-refractivity contribution in [2.45, 2.75) is 116 Å². The maximum atomic E-state index is 14.1. The van der Waals surface area contributed by atoms with Crippen molar-refractivity contribution in [2.75, 3.05) is 61.0 Å². The molecule has 244 valence electrons. The summed E-state index contributed by atoms with van der Waals surface area (Å²) in [4.78, 5) is 34.4. The molecular weight excluding hydrogens is 538 g/mol. The molecule has 1 N–H and O–H groups in total. The highest BCUT2D eigenvalue weighted by atomic mass is 16.7. The fraction of sp³-hybridized carbons (Fsp3) is 0.938. The second-order valence-corrected chi connectivity index (χ2v) is 13.9. The summed E-state index contributed by atoms with van der Waals surface area (Å²) in [5.41, 5.74) is -2.26. The van der Waals surface area contributed by atoms with E-state index >= 15 is 0 Å². The molecule has 0 radical (unpaired) electrons. The molecule has 42 heavy (non-hydrogen) atoms. The normalized spacial score (nSPS) is 38.9. The Morgan fingerprint density at radius 2 is 1.74 bits per heavy atom. The van der Waals surface area contributed by atoms with Crippen molar-refractivity contribution >= 4 is 11.8 Å². The Hall–Kier alpha value is -1.14. The second kappa shape index (κ2) is 14.8. The van der Waals surface area contributed by atoms with Crippen LogP contribution < -0.4 is 0 Å². The maximum absolute atomic E-state index is 14.1. The molecule has 10 nitrogen and oxygen atoms in total. The van der Waals surface area contributed by atoms with E-state index in [2.05, 4.69) is 23.8 Å². The molecule has 10 heteroatoms. The molecule has 0 spiro atoms. The molecule has 8 atom stereocenters. The van der Waals surface area contributed by atoms with E-state index in [1.165, 1.54) is 0 Å². The number of aliphatic hydroxyl groups is 1. The summed E-state index contributed by atoms with van der Waals surface area (Å²) in [6.45, 7) is 15.4. The van der Waals surface area contributed by atoms with E-state index in [1.54, 1.807) is 27.9 Å². The average Bonchev–Trinajstić information content (AvgIpc) is 2.96. The smallest absolute Gasteiger partial charge is 0.319 e. The van der Waals surface area contributed by atoms with Gasteiger partial charge in [0.25, 0.3) is 0 Å². The molecular formula is C32H59N3O7. The Balaban J connectivity index is 1.92. The number of likely N-dealkylation sites (N-methyl/N-ethyl adjacent to an activating group) is 2. The van der Waals surface area contributed by atoms with E-state index in [4.69, 9.17) is 18.9 Å². The van der Waals surface area contributed by atoms with Crippen molar-refractivity contribution in [3.63, 3.8) is 0 Å². The third-order valence-electron chi connectivity index (χ3n) is 10.4. The molecule has 3 saturated heterocycles. The molecule has 0 bridgehead atoms. The zero-order valence-corrected chi connectivity index (χ0v) is 27.9. The van der Waals surface area contributed by atoms with Crippen LogP contribution in [0.1, 0.15) is 73.6 Å². The van der Waals surface area contributed by atoms with Crippen molar-refractivity contribution in [3.05, 3.63) is 0 Å². The highest BCUT2D eigenvalue weighted by Gasteiger charge is 2.51. The van der Waals surface area contributed by atoms with Gasteiger partial charge in [0.05, 0.1) is 17.8 Å². The lowest BCUT2D eigenvalue weighted by molar-refractivity contribution is -0.295. The van der Waals surface area contributed by atoms with Gasteiger partial charge in [0, 0.05) is 25.1 Å². The summed E-state index contributed by atoms with van der Waals surface area (Å²) in [5, 5.41) is 11.3. The predicted molar refractivity (Wildman–Crippen MR) is 162 cm³/mol. The van der Waals surface area contributed by atoms with E-state index in [0.29, 0.717) is 18.8 Å². The van der Waals surface area contributed by atoms with Crippen LogP contribution in [0.5, 0.6) is 0 Å². The standard InChI is InChI=1S/C32H59N3O7/c1-11-35-17-13-23(14-18-35)25-20-40-30(38)31(4,5)27(37)22(3)28(32(6,39-10)15-12-16-34(25)9)42-29-26(36)24(33(7)8)19-21(2)41-29/h21-26,28-29,36H,11-20H2,1-10H3/t21-,22+,24+,25+,26-,28-,29+,32-/m1/s1. The van der Waals surface area contributed by atoms with Crippen LogP contribution in [-0.4, -0.2) is 135 Å². The minimum Gasteiger partial charge on any atom is -0.463 e. The fourth-order valence-electron chi connectivity index (χ4n) is 7.22. The number of Topliss-reactive ketones (excluding diaryl/α,β-unsaturated/α-hetero) is 1. The first-order valence-electron chi connectivity index (χ1n) is 16.0. The number of cyclic esters (lactones) is 1. The molecule has 0 aliphatic carbocycles. The quantitative estimate of drug-likeness (QED) is 0.363. The van der Waals surface area contributed by atoms with Crippen LogP contribution >= 0.6 is 0 Å². The molecule has 3 heterocycles. The molecule has 0 amide bonds. The van der Waals surface area contributed by atoms with Crippen molar-refractivity contribution in [2.24, 2.45) is 17.3 Å². The van der Waals surface area contributed by atoms with Gasteiger partial charge in [-0.2, -0.15) is 0 Å². The van der Waals surface area contributed by atoms with Crippen molar-refractivity contribution < 1.29 is 33.6 Å². The van der Waals surface area contributed by atoms with Crippen LogP contribution in [0, 0.1) is 17.3 Å². The number of aliphatic hydroxyl groups excluding tert-OH is 1. The third-order valence-corrected chi connectivity index (χ3v) is 10.4. The number of ketones is 1. The highest BCUT2D eigenvalue weighted by molar-refractivity contribution is 6.04. The van der Waals surface area contributed by atoms with Crippen LogP contribution in [0.15, 0.2) is 0 Å². The fourth-order valence-corrected chi connectivity index (χ4v) is 7.22. The zero-order valence-electron chi connectivity index (χ0n) is 27.9. The van der Waals surface area contributed by atoms with E-state index in [-0.39, 0.29) is 30.6 Å². The Bertz CT molecular complexity index is 893. The van der Waals surface area contributed by atoms with Gasteiger partial charge in [0.2, 0.25) is 0 Å². The molecule has 0 aromatic carbocycles. The number of rotatable bonds is 6. The summed E-state index contributed by atoms with van der Waals surface area (Å²) in [7, 11) is 7.61. The number of hydrogen-bond acceptors (Lipinski definition) is 10. The first-order chi connectivity index (χ1) is 19.7. The lowest BCUT2D eigenvalue weighted by Crippen LogP contribution is -2.59. The summed E-state index contributed by atoms with van der Waals surface area (Å²) in [6.07, 6.45) is 1.45. The summed E-state index contributed by atoms with van der Waals surface area (Å²) >= 11 is 0. The third kappa shape index (κ3) is 7.92. The Morgan fingerprint density at radius 1 is 1.10 bits per heavy atom. The van der Waals surface area contributed by atoms with Gasteiger partial charge in [-0.15, -0.1) is 0 Å². The first kappa shape index (κ1) is 35.3. The number of hydrogen-bond donors (Lipinski definition) is 1. The zero-order chi connectivity index (χ0) is 31.4. The topological polar surface area (TPSA) is 101 Å². The van der Waals surface area contributed by atoms with Crippen molar-refractivity contribution in [1.82, 2.24) is 14.7 Å². The number of nitrogens with zero attached hydrogens (tertiary/aromatic N) is 3. The van der Waals surface area contributed by atoms with E-state index < -0.39 is 41.4 Å². The number of methoxy groups -OCH3 is 1. The van der Waals surface area contributed by atoms with Gasteiger partial charge < -0.3 is 33.9 Å². The van der Waals surface area contributed by atoms with Gasteiger partial charge in [-0.05, 0) is 113 Å². The van der Waals surface area contributed by atoms with E-state index in [9.17, 15) is 14.7 Å². The number of carbonyl (C=O) groups is 2. The van der Waals surface area contributed by atoms with Crippen LogP contribution in [0.3, 0.4) is 0 Å². The predicted octanol–water partition coefficient (Wildman–Crippen LogP) is 2.80. The second-order valence-electron chi connectivity index (χ2n) is 13.9. The van der Waals surface area contributed by atoms with Gasteiger partial charge in [-0.3, -0.25) is 14.5 Å². The molecule has 3 aliphatic rings. The summed E-state index contributed by atoms with van der Waals surface area (Å²) in [6, 6.07) is -0.0809. The van der Waals surface area contributed by atoms with E-state index in [1.807, 2.05) is 32.8 Å². The highest BCUT2D eigenvalue weighted by Crippen LogP contribution is 2.37. The number of ether oxygens (including phenoxy) is 4. The number of esters is 1. The minimum absolute atomic E-state index is 0.0770. The van der Waals surface area contributed by atoms with Crippen LogP contribution in [0.4, 0.5) is 0 Å². The SMILES string of the molecule is CCN1CCC([C@@H]2COC(=O)C(C)(C)C(=O)[C@H](C)[C@@H](O[C@@H]3O[C@H](C)C[C@H](N(C)C)[C@H]3O)[C@](C)(OC)CCCN2C)CC1. The molecule has 0 unspecified atom stereocenters. The Kier molecular flexibility index (Phi) is 12.4. The largest absolute Gasteiger partial charge is 0.463 e. The van der Waals surface area contributed by atoms with Gasteiger partial charge in [0.1, 0.15) is 18.1 Å². The first-order valence-corrected chi connectivity index (χ1v) is 16.0. The average molecular weight is 598 g/mol. The summed E-state index contributed by atoms with van der Waals surface area (Å²) < 4.78 is 24.8.